The average molecular weight is 360 g/mol. The molecule has 1 fully saturated rings. The number of urea groups is 1. The summed E-state index contributed by atoms with van der Waals surface area (Å²) in [4.78, 5) is 23.6. The normalized spacial score (nSPS) is 14.6. The fraction of sp³-hybridized carbons (Fsp3) is 0.500. The van der Waals surface area contributed by atoms with E-state index >= 15 is 0 Å². The number of carbonyl (C=O) groups excluding carboxylic acids is 1. The van der Waals surface area contributed by atoms with Gasteiger partial charge in [0.2, 0.25) is 5.89 Å². The van der Waals surface area contributed by atoms with Crippen LogP contribution in [-0.2, 0) is 13.0 Å². The predicted molar refractivity (Wildman–Crippen MR) is 92.5 cm³/mol. The van der Waals surface area contributed by atoms with Crippen LogP contribution < -0.4 is 5.32 Å². The molecule has 2 amide bonds. The minimum atomic E-state index is -0.156. The lowest BCUT2D eigenvalue weighted by atomic mass is 9.85. The highest BCUT2D eigenvalue weighted by Gasteiger charge is 2.25. The van der Waals surface area contributed by atoms with Crippen LogP contribution in [-0.4, -0.2) is 44.0 Å². The third kappa shape index (κ3) is 3.51. The van der Waals surface area contributed by atoms with Crippen LogP contribution >= 0.6 is 11.3 Å². The van der Waals surface area contributed by atoms with Crippen LogP contribution in [0.3, 0.4) is 0 Å². The first-order valence-electron chi connectivity index (χ1n) is 8.41. The maximum Gasteiger partial charge on any atom is 0.317 e. The van der Waals surface area contributed by atoms with E-state index in [4.69, 9.17) is 4.52 Å². The van der Waals surface area contributed by atoms with Crippen molar-refractivity contribution in [1.82, 2.24) is 29.7 Å². The Bertz CT molecular complexity index is 836. The van der Waals surface area contributed by atoms with Crippen LogP contribution in [0.15, 0.2) is 22.3 Å². The number of nitrogens with one attached hydrogen (secondary N) is 1. The molecule has 0 unspecified atom stereocenters. The molecule has 0 saturated heterocycles. The van der Waals surface area contributed by atoms with Crippen molar-refractivity contribution in [3.05, 3.63) is 35.2 Å². The number of hydrogen-bond donors (Lipinski definition) is 1. The molecule has 132 valence electrons. The van der Waals surface area contributed by atoms with Crippen LogP contribution in [0.5, 0.6) is 0 Å². The summed E-state index contributed by atoms with van der Waals surface area (Å²) in [5.41, 5.74) is 0.970. The molecule has 9 heteroatoms. The van der Waals surface area contributed by atoms with Crippen LogP contribution in [0, 0.1) is 0 Å². The first kappa shape index (κ1) is 16.1. The maximum atomic E-state index is 12.2. The lowest BCUT2D eigenvalue weighted by molar-refractivity contribution is 0.205. The van der Waals surface area contributed by atoms with E-state index in [2.05, 4.69) is 20.4 Å². The SMILES string of the molecule is CN(Cc1noc(C2CCC2)n1)C(=O)NCCc1cn2ccsc2n1. The van der Waals surface area contributed by atoms with E-state index in [1.165, 1.54) is 6.42 Å². The van der Waals surface area contributed by atoms with Crippen LogP contribution in [0.1, 0.15) is 42.6 Å². The fourth-order valence-corrected chi connectivity index (χ4v) is 3.48. The highest BCUT2D eigenvalue weighted by Crippen LogP contribution is 2.35. The number of nitrogens with zero attached hydrogens (tertiary/aromatic N) is 5. The van der Waals surface area contributed by atoms with Gasteiger partial charge >= 0.3 is 6.03 Å². The minimum Gasteiger partial charge on any atom is -0.339 e. The van der Waals surface area contributed by atoms with Gasteiger partial charge in [-0.25, -0.2) is 9.78 Å². The Morgan fingerprint density at radius 3 is 3.12 bits per heavy atom. The molecule has 0 bridgehead atoms. The Morgan fingerprint density at radius 2 is 2.36 bits per heavy atom. The van der Waals surface area contributed by atoms with E-state index in [-0.39, 0.29) is 6.03 Å². The van der Waals surface area contributed by atoms with Gasteiger partial charge in [0.1, 0.15) is 0 Å². The molecule has 0 aromatic carbocycles. The van der Waals surface area contributed by atoms with Crippen LogP contribution in [0.25, 0.3) is 4.96 Å². The third-order valence-electron chi connectivity index (χ3n) is 4.46. The van der Waals surface area contributed by atoms with Crippen molar-refractivity contribution in [3.63, 3.8) is 0 Å². The Hall–Kier alpha value is -2.42. The number of aromatic nitrogens is 4. The Morgan fingerprint density at radius 1 is 1.48 bits per heavy atom. The van der Waals surface area contributed by atoms with E-state index in [9.17, 15) is 4.79 Å². The molecule has 1 aliphatic rings. The summed E-state index contributed by atoms with van der Waals surface area (Å²) in [6, 6.07) is -0.156. The van der Waals surface area contributed by atoms with Gasteiger partial charge in [-0.3, -0.25) is 4.40 Å². The second-order valence-corrected chi connectivity index (χ2v) is 7.21. The number of thiazole rings is 1. The highest BCUT2D eigenvalue weighted by molar-refractivity contribution is 7.15. The van der Waals surface area contributed by atoms with Crippen molar-refractivity contribution in [2.24, 2.45) is 0 Å². The zero-order valence-electron chi connectivity index (χ0n) is 14.0. The zero-order chi connectivity index (χ0) is 17.2. The number of rotatable bonds is 6. The first-order chi connectivity index (χ1) is 12.2. The molecule has 8 nitrogen and oxygen atoms in total. The number of fused-ring (bicyclic) bond motifs is 1. The summed E-state index contributed by atoms with van der Waals surface area (Å²) >= 11 is 1.60. The van der Waals surface area contributed by atoms with E-state index < -0.39 is 0 Å². The summed E-state index contributed by atoms with van der Waals surface area (Å²) in [6.07, 6.45) is 8.11. The molecular formula is C16H20N6O2S. The van der Waals surface area contributed by atoms with E-state index in [1.807, 2.05) is 22.2 Å². The summed E-state index contributed by atoms with van der Waals surface area (Å²) in [6.45, 7) is 0.871. The number of amides is 2. The Labute approximate surface area is 148 Å². The van der Waals surface area contributed by atoms with Crippen LogP contribution in [0.4, 0.5) is 4.79 Å². The minimum absolute atomic E-state index is 0.156. The molecular weight excluding hydrogens is 340 g/mol. The molecule has 0 spiro atoms. The molecule has 1 N–H and O–H groups in total. The van der Waals surface area contributed by atoms with Crippen molar-refractivity contribution in [2.75, 3.05) is 13.6 Å². The third-order valence-corrected chi connectivity index (χ3v) is 5.23. The smallest absolute Gasteiger partial charge is 0.317 e. The molecule has 1 aliphatic carbocycles. The first-order valence-corrected chi connectivity index (χ1v) is 9.29. The number of imidazole rings is 1. The van der Waals surface area contributed by atoms with Gasteiger partial charge < -0.3 is 14.7 Å². The van der Waals surface area contributed by atoms with Crippen molar-refractivity contribution in [2.45, 2.75) is 38.1 Å². The van der Waals surface area contributed by atoms with Crippen molar-refractivity contribution in [1.29, 1.82) is 0 Å². The van der Waals surface area contributed by atoms with Gasteiger partial charge in [0, 0.05) is 43.7 Å². The highest BCUT2D eigenvalue weighted by atomic mass is 32.1. The molecule has 3 aromatic rings. The van der Waals surface area contributed by atoms with Gasteiger partial charge in [0.05, 0.1) is 12.2 Å². The number of carbonyl (C=O) groups is 1. The molecule has 25 heavy (non-hydrogen) atoms. The largest absolute Gasteiger partial charge is 0.339 e. The Balaban J connectivity index is 1.24. The maximum absolute atomic E-state index is 12.2. The molecule has 4 rings (SSSR count). The second-order valence-electron chi connectivity index (χ2n) is 6.34. The van der Waals surface area contributed by atoms with Gasteiger partial charge in [0.25, 0.3) is 0 Å². The summed E-state index contributed by atoms with van der Waals surface area (Å²) in [7, 11) is 1.72. The monoisotopic (exact) mass is 360 g/mol. The fourth-order valence-electron chi connectivity index (χ4n) is 2.77. The zero-order valence-corrected chi connectivity index (χ0v) is 14.8. The van der Waals surface area contributed by atoms with Gasteiger partial charge in [-0.05, 0) is 12.8 Å². The molecule has 1 saturated carbocycles. The standard InChI is InChI=1S/C16H20N6O2S/c1-21(10-13-19-14(24-20-13)11-3-2-4-11)15(23)17-6-5-12-9-22-7-8-25-16(22)18-12/h7-9,11H,2-6,10H2,1H3,(H,17,23). The lowest BCUT2D eigenvalue weighted by Crippen LogP contribution is -2.38. The van der Waals surface area contributed by atoms with Gasteiger partial charge in [-0.2, -0.15) is 4.98 Å². The lowest BCUT2D eigenvalue weighted by Gasteiger charge is -2.20. The van der Waals surface area contributed by atoms with E-state index in [0.29, 0.717) is 37.1 Å². The molecule has 0 atom stereocenters. The Kier molecular flexibility index (Phi) is 4.39. The van der Waals surface area contributed by atoms with Gasteiger partial charge in [-0.15, -0.1) is 11.3 Å². The number of hydrogen-bond acceptors (Lipinski definition) is 6. The predicted octanol–water partition coefficient (Wildman–Crippen LogP) is 2.43. The average Bonchev–Trinajstić information content (AvgIpc) is 3.22. The summed E-state index contributed by atoms with van der Waals surface area (Å²) < 4.78 is 7.27. The topological polar surface area (TPSA) is 88.6 Å². The molecule has 3 aromatic heterocycles. The van der Waals surface area contributed by atoms with Crippen LogP contribution in [0.2, 0.25) is 0 Å². The second kappa shape index (κ2) is 6.83. The molecule has 0 aliphatic heterocycles. The molecule has 3 heterocycles. The van der Waals surface area contributed by atoms with Crippen molar-refractivity contribution < 1.29 is 9.32 Å². The quantitative estimate of drug-likeness (QED) is 0.729. The van der Waals surface area contributed by atoms with Gasteiger partial charge in [-0.1, -0.05) is 11.6 Å². The van der Waals surface area contributed by atoms with Crippen molar-refractivity contribution in [3.8, 4) is 0 Å². The summed E-state index contributed by atoms with van der Waals surface area (Å²) in [5, 5.41) is 8.86. The molecule has 0 radical (unpaired) electrons. The van der Waals surface area contributed by atoms with Gasteiger partial charge in [0.15, 0.2) is 10.8 Å². The van der Waals surface area contributed by atoms with E-state index in [0.717, 1.165) is 23.5 Å². The summed E-state index contributed by atoms with van der Waals surface area (Å²) in [5.74, 6) is 1.66. The van der Waals surface area contributed by atoms with Crippen molar-refractivity contribution >= 4 is 22.3 Å². The van der Waals surface area contributed by atoms with E-state index in [1.54, 1.807) is 23.3 Å².